The smallest absolute Gasteiger partial charge is 0.0113 e. The normalized spacial score (nSPS) is 15.7. The Hall–Kier alpha value is -3.82. The quantitative estimate of drug-likeness (QED) is 0.114. The molecule has 0 saturated heterocycles. The Morgan fingerprint density at radius 2 is 0.936 bits per heavy atom. The topological polar surface area (TPSA) is 0 Å². The lowest BCUT2D eigenvalue weighted by molar-refractivity contribution is 0.303. The predicted octanol–water partition coefficient (Wildman–Crippen LogP) is 9.26. The second-order valence-corrected chi connectivity index (χ2v) is 17.9. The van der Waals surface area contributed by atoms with Gasteiger partial charge in [0.15, 0.2) is 0 Å². The van der Waals surface area contributed by atoms with E-state index >= 15 is 0 Å². The van der Waals surface area contributed by atoms with Crippen LogP contribution in [0.3, 0.4) is 0 Å². The molecule has 2 heteroatoms. The number of benzene rings is 6. The van der Waals surface area contributed by atoms with Gasteiger partial charge in [0, 0.05) is 5.92 Å². The van der Waals surface area contributed by atoms with Crippen molar-refractivity contribution in [3.8, 4) is 0 Å². The highest BCUT2D eigenvalue weighted by atomic mass is 31.1. The van der Waals surface area contributed by atoms with Gasteiger partial charge in [-0.3, -0.25) is 0 Å². The summed E-state index contributed by atoms with van der Waals surface area (Å²) in [6, 6.07) is 59.6. The van der Waals surface area contributed by atoms with Crippen LogP contribution >= 0.6 is 15.8 Å². The van der Waals surface area contributed by atoms with Crippen molar-refractivity contribution in [2.24, 2.45) is 5.41 Å². The monoisotopic (exact) mass is 646 g/mol. The van der Waals surface area contributed by atoms with Gasteiger partial charge >= 0.3 is 0 Å². The van der Waals surface area contributed by atoms with Gasteiger partial charge in [-0.1, -0.05) is 178 Å². The van der Waals surface area contributed by atoms with E-state index in [-0.39, 0.29) is 5.41 Å². The average Bonchev–Trinajstić information content (AvgIpc) is 3.26. The number of aryl methyl sites for hydroxylation is 2. The van der Waals surface area contributed by atoms with E-state index in [1.54, 1.807) is 11.1 Å². The Morgan fingerprint density at radius 3 is 1.38 bits per heavy atom. The second-order valence-electron chi connectivity index (χ2n) is 13.5. The highest BCUT2D eigenvalue weighted by Gasteiger charge is 2.37. The zero-order chi connectivity index (χ0) is 32.2. The summed E-state index contributed by atoms with van der Waals surface area (Å²) in [4.78, 5) is 0. The van der Waals surface area contributed by atoms with Crippen LogP contribution in [0.2, 0.25) is 0 Å². The highest BCUT2D eigenvalue weighted by molar-refractivity contribution is 7.80. The molecule has 1 aliphatic carbocycles. The van der Waals surface area contributed by atoms with Gasteiger partial charge in [-0.25, -0.2) is 0 Å². The number of fused-ring (bicyclic) bond motifs is 1. The summed E-state index contributed by atoms with van der Waals surface area (Å²) < 4.78 is 0. The Bertz CT molecular complexity index is 1840. The van der Waals surface area contributed by atoms with Gasteiger partial charge in [-0.15, -0.1) is 0 Å². The standard InChI is InChI=1S/C45H44P2/c1-4-34-19-17-29-41(46(36-21-9-5-10-22-36)37-23-11-6-12-24-37)43(34)40-33-45(2,3)32-31-35-20-18-30-42(44(35)40)47(38-25-13-7-14-26-38)39-27-15-8-16-28-39/h5-30,40H,4,31-33H2,1-3H3. The molecular formula is C45H44P2. The van der Waals surface area contributed by atoms with Gasteiger partial charge in [0.05, 0.1) is 0 Å². The van der Waals surface area contributed by atoms with Gasteiger partial charge in [0.2, 0.25) is 0 Å². The average molecular weight is 647 g/mol. The fourth-order valence-electron chi connectivity index (χ4n) is 7.56. The first-order valence-electron chi connectivity index (χ1n) is 17.1. The third kappa shape index (κ3) is 6.65. The Kier molecular flexibility index (Phi) is 9.54. The van der Waals surface area contributed by atoms with Crippen molar-refractivity contribution in [3.05, 3.63) is 180 Å². The van der Waals surface area contributed by atoms with Crippen LogP contribution in [0, 0.1) is 5.41 Å². The van der Waals surface area contributed by atoms with E-state index in [2.05, 4.69) is 178 Å². The minimum absolute atomic E-state index is 0.212. The van der Waals surface area contributed by atoms with Crippen molar-refractivity contribution in [1.82, 2.24) is 0 Å². The Morgan fingerprint density at radius 1 is 0.511 bits per heavy atom. The van der Waals surface area contributed by atoms with Crippen LogP contribution in [0.4, 0.5) is 0 Å². The van der Waals surface area contributed by atoms with E-state index < -0.39 is 15.8 Å². The zero-order valence-corrected chi connectivity index (χ0v) is 29.6. The molecule has 0 spiro atoms. The van der Waals surface area contributed by atoms with Crippen molar-refractivity contribution in [3.63, 3.8) is 0 Å². The van der Waals surface area contributed by atoms with Crippen molar-refractivity contribution in [2.75, 3.05) is 0 Å². The van der Waals surface area contributed by atoms with Gasteiger partial charge in [0.1, 0.15) is 0 Å². The summed E-state index contributed by atoms with van der Waals surface area (Å²) in [5.74, 6) is 0.305. The molecule has 0 heterocycles. The largest absolute Gasteiger partial charge is 0.0622 e. The van der Waals surface area contributed by atoms with Crippen molar-refractivity contribution in [2.45, 2.75) is 52.4 Å². The highest BCUT2D eigenvalue weighted by Crippen LogP contribution is 2.49. The first-order valence-corrected chi connectivity index (χ1v) is 19.8. The summed E-state index contributed by atoms with van der Waals surface area (Å²) in [7, 11) is -1.49. The third-order valence-electron chi connectivity index (χ3n) is 9.79. The molecule has 6 aromatic rings. The lowest BCUT2D eigenvalue weighted by Gasteiger charge is -2.34. The van der Waals surface area contributed by atoms with E-state index in [0.717, 1.165) is 19.3 Å². The minimum atomic E-state index is -0.750. The van der Waals surface area contributed by atoms with E-state index in [1.165, 1.54) is 49.4 Å². The Balaban J connectivity index is 1.53. The lowest BCUT2D eigenvalue weighted by Crippen LogP contribution is -2.31. The molecule has 0 nitrogen and oxygen atoms in total. The second kappa shape index (κ2) is 14.1. The van der Waals surface area contributed by atoms with Crippen molar-refractivity contribution in [1.29, 1.82) is 0 Å². The number of rotatable bonds is 8. The first kappa shape index (κ1) is 31.8. The maximum Gasteiger partial charge on any atom is 0.0113 e. The molecule has 0 amide bonds. The van der Waals surface area contributed by atoms with Gasteiger partial charge in [-0.2, -0.15) is 0 Å². The maximum atomic E-state index is 2.51. The van der Waals surface area contributed by atoms with Crippen LogP contribution in [0.25, 0.3) is 0 Å². The van der Waals surface area contributed by atoms with E-state index in [9.17, 15) is 0 Å². The fraction of sp³-hybridized carbons (Fsp3) is 0.200. The van der Waals surface area contributed by atoms with Crippen molar-refractivity contribution >= 4 is 47.7 Å². The molecule has 0 radical (unpaired) electrons. The molecule has 47 heavy (non-hydrogen) atoms. The molecule has 0 bridgehead atoms. The van der Waals surface area contributed by atoms with E-state index in [4.69, 9.17) is 0 Å². The van der Waals surface area contributed by atoms with Crippen LogP contribution in [-0.4, -0.2) is 0 Å². The van der Waals surface area contributed by atoms with Crippen LogP contribution in [0.5, 0.6) is 0 Å². The van der Waals surface area contributed by atoms with Crippen LogP contribution in [0.15, 0.2) is 158 Å². The molecule has 0 aliphatic heterocycles. The molecular weight excluding hydrogens is 602 g/mol. The summed E-state index contributed by atoms with van der Waals surface area (Å²) in [5.41, 5.74) is 6.42. The van der Waals surface area contributed by atoms with E-state index in [1.807, 2.05) is 0 Å². The molecule has 6 aromatic carbocycles. The van der Waals surface area contributed by atoms with Gasteiger partial charge < -0.3 is 0 Å². The van der Waals surface area contributed by atoms with E-state index in [0.29, 0.717) is 5.92 Å². The molecule has 7 rings (SSSR count). The minimum Gasteiger partial charge on any atom is -0.0622 e. The van der Waals surface area contributed by atoms with Crippen LogP contribution in [-0.2, 0) is 12.8 Å². The first-order chi connectivity index (χ1) is 23.0. The molecule has 0 saturated carbocycles. The van der Waals surface area contributed by atoms with Crippen molar-refractivity contribution < 1.29 is 0 Å². The third-order valence-corrected chi connectivity index (χ3v) is 14.8. The van der Waals surface area contributed by atoms with Crippen LogP contribution < -0.4 is 31.8 Å². The summed E-state index contributed by atoms with van der Waals surface area (Å²) in [6.45, 7) is 7.37. The number of hydrogen-bond acceptors (Lipinski definition) is 0. The van der Waals surface area contributed by atoms with Crippen LogP contribution in [0.1, 0.15) is 61.8 Å². The summed E-state index contributed by atoms with van der Waals surface area (Å²) >= 11 is 0. The summed E-state index contributed by atoms with van der Waals surface area (Å²) in [5, 5.41) is 8.72. The predicted molar refractivity (Wildman–Crippen MR) is 208 cm³/mol. The lowest BCUT2D eigenvalue weighted by atomic mass is 9.76. The Labute approximate surface area is 284 Å². The summed E-state index contributed by atoms with van der Waals surface area (Å²) in [6.07, 6.45) is 4.48. The van der Waals surface area contributed by atoms with Gasteiger partial charge in [-0.05, 0) is 101 Å². The molecule has 0 N–H and O–H groups in total. The zero-order valence-electron chi connectivity index (χ0n) is 27.8. The fourth-order valence-corrected chi connectivity index (χ4v) is 12.7. The van der Waals surface area contributed by atoms with Gasteiger partial charge in [0.25, 0.3) is 0 Å². The molecule has 0 aromatic heterocycles. The SMILES string of the molecule is CCc1cccc(P(c2ccccc2)c2ccccc2)c1C1CC(C)(C)CCc2cccc(P(c3ccccc3)c3ccccc3)c21. The number of hydrogen-bond donors (Lipinski definition) is 0. The maximum absolute atomic E-state index is 2.51. The molecule has 1 aliphatic rings. The molecule has 234 valence electrons. The molecule has 0 fully saturated rings. The molecule has 1 unspecified atom stereocenters. The molecule has 1 atom stereocenters.